The van der Waals surface area contributed by atoms with Gasteiger partial charge in [0.15, 0.2) is 5.11 Å². The summed E-state index contributed by atoms with van der Waals surface area (Å²) in [4.78, 5) is 21.6. The normalized spacial score (nSPS) is 10.6. The molecule has 7 nitrogen and oxygen atoms in total. The molecule has 0 fully saturated rings. The van der Waals surface area contributed by atoms with Crippen LogP contribution in [0, 0.1) is 0 Å². The summed E-state index contributed by atoms with van der Waals surface area (Å²) in [6, 6.07) is 14.7. The molecule has 1 aromatic heterocycles. The van der Waals surface area contributed by atoms with Gasteiger partial charge in [0.2, 0.25) is 0 Å². The van der Waals surface area contributed by atoms with Crippen LogP contribution in [0.25, 0.3) is 10.9 Å². The first-order valence-corrected chi connectivity index (χ1v) is 9.18. The van der Waals surface area contributed by atoms with Crippen LogP contribution in [0.2, 0.25) is 0 Å². The minimum absolute atomic E-state index is 0.168. The molecule has 28 heavy (non-hydrogen) atoms. The van der Waals surface area contributed by atoms with Crippen molar-refractivity contribution in [1.29, 1.82) is 0 Å². The van der Waals surface area contributed by atoms with Crippen LogP contribution in [-0.2, 0) is 11.3 Å². The smallest absolute Gasteiger partial charge is 0.258 e. The van der Waals surface area contributed by atoms with Gasteiger partial charge < -0.3 is 24.7 Å². The van der Waals surface area contributed by atoms with Gasteiger partial charge >= 0.3 is 0 Å². The molecule has 0 atom stereocenters. The standard InChI is InChI=1S/C20H22N4O3S/c1-26-11-10-24(20(28)21-14-6-5-7-15(12-14)27-2)13-18-22-17-9-4-3-8-16(17)19(25)23-18/h3-9,12H,10-11,13H2,1-2H3,(H,21,28)(H,22,23,25). The number of H-pyrrole nitrogens is 1. The molecule has 0 amide bonds. The minimum atomic E-state index is -0.168. The number of benzene rings is 2. The molecule has 3 aromatic rings. The molecule has 0 aliphatic carbocycles. The van der Waals surface area contributed by atoms with E-state index in [1.807, 2.05) is 47.4 Å². The third-order valence-corrected chi connectivity index (χ3v) is 4.54. The summed E-state index contributed by atoms with van der Waals surface area (Å²) in [5, 5.41) is 4.26. The first-order valence-electron chi connectivity index (χ1n) is 8.77. The molecule has 0 aliphatic heterocycles. The fourth-order valence-electron chi connectivity index (χ4n) is 2.75. The Morgan fingerprint density at radius 3 is 2.82 bits per heavy atom. The molecule has 1 heterocycles. The summed E-state index contributed by atoms with van der Waals surface area (Å²) in [6.07, 6.45) is 0. The minimum Gasteiger partial charge on any atom is -0.497 e. The van der Waals surface area contributed by atoms with E-state index in [0.29, 0.717) is 41.5 Å². The van der Waals surface area contributed by atoms with Crippen molar-refractivity contribution in [2.45, 2.75) is 6.54 Å². The Hall–Kier alpha value is -2.97. The van der Waals surface area contributed by atoms with Gasteiger partial charge in [0.1, 0.15) is 11.6 Å². The van der Waals surface area contributed by atoms with E-state index in [2.05, 4.69) is 15.3 Å². The van der Waals surface area contributed by atoms with E-state index in [-0.39, 0.29) is 5.56 Å². The molecule has 2 N–H and O–H groups in total. The Morgan fingerprint density at radius 1 is 1.21 bits per heavy atom. The highest BCUT2D eigenvalue weighted by atomic mass is 32.1. The number of ether oxygens (including phenoxy) is 2. The molecule has 3 rings (SSSR count). The molecule has 146 valence electrons. The molecule has 0 bridgehead atoms. The first-order chi connectivity index (χ1) is 13.6. The number of methoxy groups -OCH3 is 2. The fourth-order valence-corrected chi connectivity index (χ4v) is 3.02. The maximum atomic E-state index is 12.3. The highest BCUT2D eigenvalue weighted by Crippen LogP contribution is 2.17. The van der Waals surface area contributed by atoms with Crippen LogP contribution >= 0.6 is 12.2 Å². The van der Waals surface area contributed by atoms with Crippen molar-refractivity contribution < 1.29 is 9.47 Å². The Morgan fingerprint density at radius 2 is 2.04 bits per heavy atom. The Bertz CT molecular complexity index is 1020. The van der Waals surface area contributed by atoms with Gasteiger partial charge in [-0.2, -0.15) is 0 Å². The molecule has 0 aliphatic rings. The van der Waals surface area contributed by atoms with Crippen molar-refractivity contribution in [1.82, 2.24) is 14.9 Å². The predicted octanol–water partition coefficient (Wildman–Crippen LogP) is 2.78. The lowest BCUT2D eigenvalue weighted by atomic mass is 10.2. The van der Waals surface area contributed by atoms with Gasteiger partial charge in [0, 0.05) is 25.4 Å². The average Bonchev–Trinajstić information content (AvgIpc) is 2.71. The largest absolute Gasteiger partial charge is 0.497 e. The maximum absolute atomic E-state index is 12.3. The molecule has 0 spiro atoms. The Balaban J connectivity index is 1.81. The molecule has 2 aromatic carbocycles. The lowest BCUT2D eigenvalue weighted by Gasteiger charge is -2.25. The number of thiocarbonyl (C=S) groups is 1. The number of rotatable bonds is 7. The lowest BCUT2D eigenvalue weighted by molar-refractivity contribution is 0.174. The van der Waals surface area contributed by atoms with Gasteiger partial charge in [-0.15, -0.1) is 0 Å². The third kappa shape index (κ3) is 4.85. The first kappa shape index (κ1) is 19.8. The molecule has 8 heteroatoms. The van der Waals surface area contributed by atoms with E-state index in [1.54, 1.807) is 20.3 Å². The van der Waals surface area contributed by atoms with E-state index in [0.717, 1.165) is 11.4 Å². The summed E-state index contributed by atoms with van der Waals surface area (Å²) in [6.45, 7) is 1.37. The molecular formula is C20H22N4O3S. The summed E-state index contributed by atoms with van der Waals surface area (Å²) >= 11 is 5.58. The van der Waals surface area contributed by atoms with Crippen LogP contribution in [0.4, 0.5) is 5.69 Å². The number of aromatic nitrogens is 2. The monoisotopic (exact) mass is 398 g/mol. The summed E-state index contributed by atoms with van der Waals surface area (Å²) in [7, 11) is 3.25. The van der Waals surface area contributed by atoms with Crippen LogP contribution in [0.3, 0.4) is 0 Å². The highest BCUT2D eigenvalue weighted by molar-refractivity contribution is 7.80. The van der Waals surface area contributed by atoms with Crippen molar-refractivity contribution in [2.75, 3.05) is 32.7 Å². The number of nitrogens with one attached hydrogen (secondary N) is 2. The molecule has 0 unspecified atom stereocenters. The van der Waals surface area contributed by atoms with Crippen molar-refractivity contribution in [3.8, 4) is 5.75 Å². The lowest BCUT2D eigenvalue weighted by Crippen LogP contribution is -2.37. The second-order valence-corrected chi connectivity index (χ2v) is 6.49. The van der Waals surface area contributed by atoms with Gasteiger partial charge in [-0.05, 0) is 36.5 Å². The van der Waals surface area contributed by atoms with Crippen molar-refractivity contribution >= 4 is 33.9 Å². The second kappa shape index (κ2) is 9.29. The van der Waals surface area contributed by atoms with E-state index in [9.17, 15) is 4.79 Å². The van der Waals surface area contributed by atoms with Gasteiger partial charge in [0.25, 0.3) is 5.56 Å². The van der Waals surface area contributed by atoms with E-state index >= 15 is 0 Å². The van der Waals surface area contributed by atoms with Crippen LogP contribution in [-0.4, -0.2) is 47.4 Å². The number of fused-ring (bicyclic) bond motifs is 1. The topological polar surface area (TPSA) is 79.5 Å². The van der Waals surface area contributed by atoms with Crippen molar-refractivity contribution in [3.05, 3.63) is 64.7 Å². The van der Waals surface area contributed by atoms with Crippen LogP contribution < -0.4 is 15.6 Å². The second-order valence-electron chi connectivity index (χ2n) is 6.11. The highest BCUT2D eigenvalue weighted by Gasteiger charge is 2.13. The predicted molar refractivity (Wildman–Crippen MR) is 114 cm³/mol. The summed E-state index contributed by atoms with van der Waals surface area (Å²) < 4.78 is 10.4. The molecule has 0 radical (unpaired) electrons. The number of hydrogen-bond acceptors (Lipinski definition) is 5. The summed E-state index contributed by atoms with van der Waals surface area (Å²) in [5.41, 5.74) is 1.30. The maximum Gasteiger partial charge on any atom is 0.258 e. The van der Waals surface area contributed by atoms with Crippen LogP contribution in [0.5, 0.6) is 5.75 Å². The number of nitrogens with zero attached hydrogens (tertiary/aromatic N) is 2. The zero-order chi connectivity index (χ0) is 19.9. The van der Waals surface area contributed by atoms with Crippen molar-refractivity contribution in [2.24, 2.45) is 0 Å². The van der Waals surface area contributed by atoms with Gasteiger partial charge in [0.05, 0.1) is 31.2 Å². The van der Waals surface area contributed by atoms with Gasteiger partial charge in [-0.1, -0.05) is 18.2 Å². The third-order valence-electron chi connectivity index (χ3n) is 4.18. The van der Waals surface area contributed by atoms with E-state index in [1.165, 1.54) is 0 Å². The molecular weight excluding hydrogens is 376 g/mol. The van der Waals surface area contributed by atoms with E-state index in [4.69, 9.17) is 21.7 Å². The number of anilines is 1. The fraction of sp³-hybridized carbons (Fsp3) is 0.250. The Labute approximate surface area is 168 Å². The van der Waals surface area contributed by atoms with Crippen LogP contribution in [0.15, 0.2) is 53.3 Å². The average molecular weight is 398 g/mol. The SMILES string of the molecule is COCCN(Cc1nc2ccccc2c(=O)[nH]1)C(=S)Nc1cccc(OC)c1. The molecule has 0 saturated carbocycles. The van der Waals surface area contributed by atoms with Crippen molar-refractivity contribution in [3.63, 3.8) is 0 Å². The van der Waals surface area contributed by atoms with Gasteiger partial charge in [-0.3, -0.25) is 4.79 Å². The summed E-state index contributed by atoms with van der Waals surface area (Å²) in [5.74, 6) is 1.27. The zero-order valence-corrected chi connectivity index (χ0v) is 16.6. The van der Waals surface area contributed by atoms with E-state index < -0.39 is 0 Å². The number of hydrogen-bond donors (Lipinski definition) is 2. The van der Waals surface area contributed by atoms with Gasteiger partial charge in [-0.25, -0.2) is 4.98 Å². The van der Waals surface area contributed by atoms with Crippen LogP contribution in [0.1, 0.15) is 5.82 Å². The number of para-hydroxylation sites is 1. The quantitative estimate of drug-likeness (QED) is 0.593. The Kier molecular flexibility index (Phi) is 6.57. The molecule has 0 saturated heterocycles. The number of aromatic amines is 1. The zero-order valence-electron chi connectivity index (χ0n) is 15.8.